The largest absolute Gasteiger partial charge is 0.373 e. The summed E-state index contributed by atoms with van der Waals surface area (Å²) in [5.41, 5.74) is -1.18. The van der Waals surface area contributed by atoms with Gasteiger partial charge >= 0.3 is 0 Å². The number of aldehydes is 1. The van der Waals surface area contributed by atoms with Crippen molar-refractivity contribution in [3.05, 3.63) is 75.8 Å². The van der Waals surface area contributed by atoms with Crippen LogP contribution in [0.1, 0.15) is 11.1 Å². The molecule has 0 aliphatic heterocycles. The van der Waals surface area contributed by atoms with E-state index in [1.807, 2.05) is 0 Å². The Morgan fingerprint density at radius 1 is 1.00 bits per heavy atom. The molecular formula is C14H11NO4. The van der Waals surface area contributed by atoms with Crippen LogP contribution in [0.25, 0.3) is 0 Å². The molecule has 1 atom stereocenters. The quantitative estimate of drug-likeness (QED) is 0.516. The standard InChI is InChI=1S/C14H11NO4/c16-10-14(17,11-4-2-1-3-5-11)12-6-8-13(9-7-12)15(18)19/h1-10,17H. The van der Waals surface area contributed by atoms with Gasteiger partial charge in [-0.05, 0) is 23.3 Å². The maximum absolute atomic E-state index is 11.3. The number of nitro groups is 1. The summed E-state index contributed by atoms with van der Waals surface area (Å²) in [6.45, 7) is 0. The van der Waals surface area contributed by atoms with E-state index in [-0.39, 0.29) is 5.69 Å². The maximum atomic E-state index is 11.3. The molecule has 0 aromatic heterocycles. The molecule has 2 aromatic carbocycles. The molecule has 1 N–H and O–H groups in total. The minimum absolute atomic E-state index is 0.0925. The van der Waals surface area contributed by atoms with Gasteiger partial charge < -0.3 is 5.11 Å². The minimum atomic E-state index is -1.80. The first kappa shape index (κ1) is 12.9. The first-order valence-corrected chi connectivity index (χ1v) is 5.57. The summed E-state index contributed by atoms with van der Waals surface area (Å²) in [6.07, 6.45) is 0.420. The molecule has 0 heterocycles. The van der Waals surface area contributed by atoms with Gasteiger partial charge in [0.05, 0.1) is 4.92 Å². The molecule has 0 saturated heterocycles. The zero-order valence-electron chi connectivity index (χ0n) is 9.89. The Labute approximate surface area is 109 Å². The number of hydrogen-bond acceptors (Lipinski definition) is 4. The highest BCUT2D eigenvalue weighted by Gasteiger charge is 2.31. The second kappa shape index (κ2) is 4.99. The molecule has 2 aromatic rings. The van der Waals surface area contributed by atoms with Gasteiger partial charge in [-0.25, -0.2) is 0 Å². The summed E-state index contributed by atoms with van der Waals surface area (Å²) in [6, 6.07) is 13.7. The van der Waals surface area contributed by atoms with Gasteiger partial charge in [0.1, 0.15) is 0 Å². The number of non-ortho nitro benzene ring substituents is 1. The van der Waals surface area contributed by atoms with Crippen LogP contribution in [0.3, 0.4) is 0 Å². The van der Waals surface area contributed by atoms with Crippen LogP contribution < -0.4 is 0 Å². The van der Waals surface area contributed by atoms with Crippen molar-refractivity contribution in [1.82, 2.24) is 0 Å². The Hall–Kier alpha value is -2.53. The average molecular weight is 257 g/mol. The first-order valence-electron chi connectivity index (χ1n) is 5.57. The molecule has 0 spiro atoms. The Kier molecular flexibility index (Phi) is 3.39. The lowest BCUT2D eigenvalue weighted by molar-refractivity contribution is -0.384. The zero-order chi connectivity index (χ0) is 13.9. The van der Waals surface area contributed by atoms with Crippen molar-refractivity contribution in [2.75, 3.05) is 0 Å². The minimum Gasteiger partial charge on any atom is -0.373 e. The highest BCUT2D eigenvalue weighted by molar-refractivity contribution is 5.72. The number of carbonyl (C=O) groups excluding carboxylic acids is 1. The van der Waals surface area contributed by atoms with Gasteiger partial charge in [-0.15, -0.1) is 0 Å². The summed E-state index contributed by atoms with van der Waals surface area (Å²) in [5, 5.41) is 21.0. The predicted molar refractivity (Wildman–Crippen MR) is 68.6 cm³/mol. The lowest BCUT2D eigenvalue weighted by atomic mass is 9.88. The zero-order valence-corrected chi connectivity index (χ0v) is 9.89. The van der Waals surface area contributed by atoms with E-state index >= 15 is 0 Å². The molecule has 0 radical (unpaired) electrons. The van der Waals surface area contributed by atoms with Gasteiger partial charge in [0.15, 0.2) is 11.9 Å². The molecule has 1 unspecified atom stereocenters. The van der Waals surface area contributed by atoms with Gasteiger partial charge in [-0.2, -0.15) is 0 Å². The van der Waals surface area contributed by atoms with Crippen LogP contribution in [0.5, 0.6) is 0 Å². The number of nitro benzene ring substituents is 1. The number of carbonyl (C=O) groups is 1. The summed E-state index contributed by atoms with van der Waals surface area (Å²) in [5.74, 6) is 0. The normalized spacial score (nSPS) is 13.5. The van der Waals surface area contributed by atoms with Crippen LogP contribution in [-0.2, 0) is 10.4 Å². The molecule has 96 valence electrons. The van der Waals surface area contributed by atoms with Gasteiger partial charge in [0.25, 0.3) is 5.69 Å². The molecule has 5 nitrogen and oxygen atoms in total. The Balaban J connectivity index is 2.47. The molecule has 0 saturated carbocycles. The van der Waals surface area contributed by atoms with E-state index in [1.54, 1.807) is 30.3 Å². The molecule has 19 heavy (non-hydrogen) atoms. The molecule has 0 aliphatic carbocycles. The van der Waals surface area contributed by atoms with Crippen molar-refractivity contribution in [1.29, 1.82) is 0 Å². The topological polar surface area (TPSA) is 80.4 Å². The molecule has 2 rings (SSSR count). The third-order valence-corrected chi connectivity index (χ3v) is 2.90. The van der Waals surface area contributed by atoms with E-state index < -0.39 is 10.5 Å². The van der Waals surface area contributed by atoms with Crippen LogP contribution >= 0.6 is 0 Å². The highest BCUT2D eigenvalue weighted by Crippen LogP contribution is 2.28. The number of benzene rings is 2. The van der Waals surface area contributed by atoms with E-state index in [2.05, 4.69) is 0 Å². The molecule has 0 fully saturated rings. The van der Waals surface area contributed by atoms with Crippen molar-refractivity contribution in [3.63, 3.8) is 0 Å². The highest BCUT2D eigenvalue weighted by atomic mass is 16.6. The van der Waals surface area contributed by atoms with Crippen molar-refractivity contribution < 1.29 is 14.8 Å². The fraction of sp³-hybridized carbons (Fsp3) is 0.0714. The predicted octanol–water partition coefficient (Wildman–Crippen LogP) is 2.03. The monoisotopic (exact) mass is 257 g/mol. The SMILES string of the molecule is O=CC(O)(c1ccccc1)c1ccc([N+](=O)[O-])cc1. The molecule has 0 bridgehead atoms. The lowest BCUT2D eigenvalue weighted by Crippen LogP contribution is -2.28. The van der Waals surface area contributed by atoms with Crippen LogP contribution in [0.2, 0.25) is 0 Å². The van der Waals surface area contributed by atoms with Crippen molar-refractivity contribution in [2.45, 2.75) is 5.60 Å². The number of hydrogen-bond donors (Lipinski definition) is 1. The second-order valence-electron chi connectivity index (χ2n) is 4.05. The fourth-order valence-electron chi connectivity index (χ4n) is 1.83. The summed E-state index contributed by atoms with van der Waals surface area (Å²) in [7, 11) is 0. The Morgan fingerprint density at radius 2 is 1.53 bits per heavy atom. The molecule has 0 amide bonds. The molecular weight excluding hydrogens is 246 g/mol. The van der Waals surface area contributed by atoms with Crippen LogP contribution in [-0.4, -0.2) is 16.3 Å². The van der Waals surface area contributed by atoms with Crippen LogP contribution in [0.4, 0.5) is 5.69 Å². The smallest absolute Gasteiger partial charge is 0.269 e. The number of rotatable bonds is 4. The van der Waals surface area contributed by atoms with E-state index in [0.29, 0.717) is 17.4 Å². The molecule has 5 heteroatoms. The van der Waals surface area contributed by atoms with Gasteiger partial charge in [0, 0.05) is 12.1 Å². The average Bonchev–Trinajstić information content (AvgIpc) is 2.47. The van der Waals surface area contributed by atoms with E-state index in [0.717, 1.165) is 0 Å². The maximum Gasteiger partial charge on any atom is 0.269 e. The molecule has 0 aliphatic rings. The number of nitrogens with zero attached hydrogens (tertiary/aromatic N) is 1. The van der Waals surface area contributed by atoms with Gasteiger partial charge in [-0.1, -0.05) is 30.3 Å². The summed E-state index contributed by atoms with van der Waals surface area (Å²) >= 11 is 0. The van der Waals surface area contributed by atoms with Crippen LogP contribution in [0.15, 0.2) is 54.6 Å². The summed E-state index contributed by atoms with van der Waals surface area (Å²) < 4.78 is 0. The number of aliphatic hydroxyl groups is 1. The van der Waals surface area contributed by atoms with E-state index in [1.165, 1.54) is 24.3 Å². The Morgan fingerprint density at radius 3 is 2.00 bits per heavy atom. The first-order chi connectivity index (χ1) is 9.08. The Bertz CT molecular complexity index is 595. The lowest BCUT2D eigenvalue weighted by Gasteiger charge is -2.22. The van der Waals surface area contributed by atoms with Gasteiger partial charge in [-0.3, -0.25) is 14.9 Å². The van der Waals surface area contributed by atoms with Crippen molar-refractivity contribution in [2.24, 2.45) is 0 Å². The third-order valence-electron chi connectivity index (χ3n) is 2.90. The summed E-state index contributed by atoms with van der Waals surface area (Å²) in [4.78, 5) is 21.3. The second-order valence-corrected chi connectivity index (χ2v) is 4.05. The van der Waals surface area contributed by atoms with Gasteiger partial charge in [0.2, 0.25) is 0 Å². The van der Waals surface area contributed by atoms with E-state index in [9.17, 15) is 20.0 Å². The van der Waals surface area contributed by atoms with E-state index in [4.69, 9.17) is 0 Å². The van der Waals surface area contributed by atoms with Crippen molar-refractivity contribution in [3.8, 4) is 0 Å². The fourth-order valence-corrected chi connectivity index (χ4v) is 1.83. The third kappa shape index (κ3) is 2.36. The van der Waals surface area contributed by atoms with Crippen LogP contribution in [0, 0.1) is 10.1 Å². The van der Waals surface area contributed by atoms with Crippen molar-refractivity contribution >= 4 is 12.0 Å².